The van der Waals surface area contributed by atoms with E-state index >= 15 is 0 Å². The number of carbonyl (C=O) groups excluding carboxylic acids is 2. The molecule has 7 nitrogen and oxygen atoms in total. The van der Waals surface area contributed by atoms with Crippen LogP contribution in [0.2, 0.25) is 0 Å². The Morgan fingerprint density at radius 3 is 2.29 bits per heavy atom. The second-order valence-electron chi connectivity index (χ2n) is 7.85. The molecule has 2 amide bonds. The lowest BCUT2D eigenvalue weighted by atomic mass is 9.91. The zero-order valence-electron chi connectivity index (χ0n) is 16.6. The highest BCUT2D eigenvalue weighted by molar-refractivity contribution is 7.92. The van der Waals surface area contributed by atoms with E-state index in [1.54, 1.807) is 6.92 Å². The van der Waals surface area contributed by atoms with Gasteiger partial charge in [-0.3, -0.25) is 9.59 Å². The van der Waals surface area contributed by atoms with Gasteiger partial charge < -0.3 is 9.80 Å². The molecule has 1 aromatic rings. The maximum absolute atomic E-state index is 13.2. The van der Waals surface area contributed by atoms with E-state index in [4.69, 9.17) is 0 Å². The second-order valence-corrected chi connectivity index (χ2v) is 11.2. The van der Waals surface area contributed by atoms with Crippen LogP contribution in [-0.2, 0) is 25.8 Å². The summed E-state index contributed by atoms with van der Waals surface area (Å²) in [6.45, 7) is 2.96. The Kier molecular flexibility index (Phi) is 6.75. The molecule has 0 aromatic carbocycles. The van der Waals surface area contributed by atoms with Crippen molar-refractivity contribution in [2.45, 2.75) is 74.6 Å². The van der Waals surface area contributed by atoms with Gasteiger partial charge in [-0.25, -0.2) is 13.4 Å². The molecule has 1 aliphatic carbocycles. The molecule has 1 saturated heterocycles. The smallest absolute Gasteiger partial charge is 0.229 e. The summed E-state index contributed by atoms with van der Waals surface area (Å²) in [7, 11) is -3.30. The van der Waals surface area contributed by atoms with Crippen molar-refractivity contribution in [3.8, 4) is 0 Å². The van der Waals surface area contributed by atoms with Gasteiger partial charge in [0.2, 0.25) is 11.8 Å². The number of sulfone groups is 1. The Morgan fingerprint density at radius 2 is 1.75 bits per heavy atom. The zero-order chi connectivity index (χ0) is 20.3. The van der Waals surface area contributed by atoms with Crippen LogP contribution in [0.5, 0.6) is 0 Å². The van der Waals surface area contributed by atoms with E-state index in [2.05, 4.69) is 9.88 Å². The van der Waals surface area contributed by atoms with Crippen molar-refractivity contribution in [1.29, 1.82) is 0 Å². The fraction of sp³-hybridized carbons (Fsp3) is 0.737. The highest BCUT2D eigenvalue weighted by Gasteiger charge is 2.34. The summed E-state index contributed by atoms with van der Waals surface area (Å²) in [4.78, 5) is 32.9. The molecule has 1 aromatic heterocycles. The van der Waals surface area contributed by atoms with Gasteiger partial charge in [0.15, 0.2) is 9.84 Å². The van der Waals surface area contributed by atoms with Crippen LogP contribution < -0.4 is 0 Å². The minimum Gasteiger partial charge on any atom is -0.343 e. The van der Waals surface area contributed by atoms with Crippen LogP contribution in [0.3, 0.4) is 0 Å². The molecule has 2 aliphatic rings. The first-order valence-electron chi connectivity index (χ1n) is 9.97. The highest BCUT2D eigenvalue weighted by Crippen LogP contribution is 2.29. The van der Waals surface area contributed by atoms with Gasteiger partial charge in [0, 0.05) is 38.4 Å². The van der Waals surface area contributed by atoms with Crippen LogP contribution >= 0.6 is 11.3 Å². The van der Waals surface area contributed by atoms with E-state index in [0.29, 0.717) is 18.1 Å². The standard InChI is InChI=1S/C19H29N3O4S2/c1-14(23)21-10-8-16(9-11-21)22(15-6-4-3-5-7-15)18(24)12-17-20-13-19(27-17)28(2,25)26/h13,15-16H,3-12H2,1-2H3. The number of aromatic nitrogens is 1. The summed E-state index contributed by atoms with van der Waals surface area (Å²) in [5.74, 6) is 0.118. The first kappa shape index (κ1) is 21.2. The summed E-state index contributed by atoms with van der Waals surface area (Å²) in [5.41, 5.74) is 0. The number of amides is 2. The fourth-order valence-electron chi connectivity index (χ4n) is 4.29. The summed E-state index contributed by atoms with van der Waals surface area (Å²) < 4.78 is 23.6. The van der Waals surface area contributed by atoms with Crippen molar-refractivity contribution in [1.82, 2.24) is 14.8 Å². The summed E-state index contributed by atoms with van der Waals surface area (Å²) in [5, 5.41) is 0.549. The predicted molar refractivity (Wildman–Crippen MR) is 108 cm³/mol. The zero-order valence-corrected chi connectivity index (χ0v) is 18.2. The van der Waals surface area contributed by atoms with Crippen molar-refractivity contribution in [3.05, 3.63) is 11.2 Å². The van der Waals surface area contributed by atoms with E-state index in [-0.39, 0.29) is 34.5 Å². The van der Waals surface area contributed by atoms with Crippen molar-refractivity contribution < 1.29 is 18.0 Å². The van der Waals surface area contributed by atoms with E-state index in [1.165, 1.54) is 12.6 Å². The number of thiazole rings is 1. The molecule has 156 valence electrons. The number of rotatable bonds is 5. The lowest BCUT2D eigenvalue weighted by Crippen LogP contribution is -2.53. The summed E-state index contributed by atoms with van der Waals surface area (Å²) in [6.07, 6.45) is 9.77. The quantitative estimate of drug-likeness (QED) is 0.719. The molecule has 9 heteroatoms. The van der Waals surface area contributed by atoms with Crippen LogP contribution in [0.1, 0.15) is 56.9 Å². The Balaban J connectivity index is 1.73. The lowest BCUT2D eigenvalue weighted by molar-refractivity contribution is -0.138. The Labute approximate surface area is 171 Å². The van der Waals surface area contributed by atoms with Gasteiger partial charge in [0.25, 0.3) is 0 Å². The fourth-order valence-corrected chi connectivity index (χ4v) is 6.07. The Hall–Kier alpha value is -1.48. The van der Waals surface area contributed by atoms with Crippen LogP contribution in [0.4, 0.5) is 0 Å². The molecule has 0 atom stereocenters. The number of hydrogen-bond donors (Lipinski definition) is 0. The molecule has 28 heavy (non-hydrogen) atoms. The molecule has 0 unspecified atom stereocenters. The molecular formula is C19H29N3O4S2. The first-order chi connectivity index (χ1) is 13.3. The van der Waals surface area contributed by atoms with Crippen LogP contribution in [0.15, 0.2) is 10.4 Å². The Bertz CT molecular complexity index is 807. The average Bonchev–Trinajstić information content (AvgIpc) is 3.12. The van der Waals surface area contributed by atoms with Gasteiger partial charge in [-0.1, -0.05) is 19.3 Å². The molecule has 0 spiro atoms. The molecule has 2 fully saturated rings. The molecule has 1 aliphatic heterocycles. The molecule has 0 radical (unpaired) electrons. The molecule has 0 N–H and O–H groups in total. The largest absolute Gasteiger partial charge is 0.343 e. The molecule has 2 heterocycles. The monoisotopic (exact) mass is 427 g/mol. The average molecular weight is 428 g/mol. The maximum Gasteiger partial charge on any atom is 0.229 e. The topological polar surface area (TPSA) is 87.7 Å². The van der Waals surface area contributed by atoms with Crippen molar-refractivity contribution in [2.75, 3.05) is 19.3 Å². The lowest BCUT2D eigenvalue weighted by Gasteiger charge is -2.43. The van der Waals surface area contributed by atoms with Gasteiger partial charge in [0.05, 0.1) is 12.6 Å². The third-order valence-corrected chi connectivity index (χ3v) is 8.55. The van der Waals surface area contributed by atoms with Crippen LogP contribution in [0, 0.1) is 0 Å². The molecule has 3 rings (SSSR count). The number of hydrogen-bond acceptors (Lipinski definition) is 6. The van der Waals surface area contributed by atoms with Gasteiger partial charge in [0.1, 0.15) is 9.22 Å². The van der Waals surface area contributed by atoms with Gasteiger partial charge in [-0.05, 0) is 25.7 Å². The van der Waals surface area contributed by atoms with E-state index in [0.717, 1.165) is 56.1 Å². The summed E-state index contributed by atoms with van der Waals surface area (Å²) in [6, 6.07) is 0.380. The second kappa shape index (κ2) is 8.90. The van der Waals surface area contributed by atoms with Gasteiger partial charge in [-0.2, -0.15) is 0 Å². The molecule has 1 saturated carbocycles. The van der Waals surface area contributed by atoms with Gasteiger partial charge in [-0.15, -0.1) is 11.3 Å². The Morgan fingerprint density at radius 1 is 1.14 bits per heavy atom. The third kappa shape index (κ3) is 5.11. The number of likely N-dealkylation sites (tertiary alicyclic amines) is 1. The molecular weight excluding hydrogens is 398 g/mol. The van der Waals surface area contributed by atoms with Crippen molar-refractivity contribution in [3.63, 3.8) is 0 Å². The number of nitrogens with zero attached hydrogens (tertiary/aromatic N) is 3. The predicted octanol–water partition coefficient (Wildman–Crippen LogP) is 2.26. The van der Waals surface area contributed by atoms with Crippen molar-refractivity contribution in [2.24, 2.45) is 0 Å². The first-order valence-corrected chi connectivity index (χ1v) is 12.7. The summed E-state index contributed by atoms with van der Waals surface area (Å²) >= 11 is 1.08. The van der Waals surface area contributed by atoms with Crippen molar-refractivity contribution >= 4 is 33.0 Å². The molecule has 0 bridgehead atoms. The van der Waals surface area contributed by atoms with E-state index in [1.807, 2.05) is 4.90 Å². The maximum atomic E-state index is 13.2. The minimum absolute atomic E-state index is 0.0302. The third-order valence-electron chi connectivity index (χ3n) is 5.76. The van der Waals surface area contributed by atoms with Gasteiger partial charge >= 0.3 is 0 Å². The number of carbonyl (C=O) groups is 2. The highest BCUT2D eigenvalue weighted by atomic mass is 32.2. The van der Waals surface area contributed by atoms with Crippen LogP contribution in [-0.4, -0.2) is 66.4 Å². The number of piperidine rings is 1. The van der Waals surface area contributed by atoms with Crippen LogP contribution in [0.25, 0.3) is 0 Å². The van der Waals surface area contributed by atoms with E-state index < -0.39 is 9.84 Å². The minimum atomic E-state index is -3.30. The van der Waals surface area contributed by atoms with E-state index in [9.17, 15) is 18.0 Å². The normalized spacial score (nSPS) is 19.6. The SMILES string of the molecule is CC(=O)N1CCC(N(C(=O)Cc2ncc(S(C)(=O)=O)s2)C2CCCCC2)CC1.